The number of para-hydroxylation sites is 2. The minimum absolute atomic E-state index is 0.000579. The summed E-state index contributed by atoms with van der Waals surface area (Å²) in [7, 11) is 0. The second-order valence-corrected chi connectivity index (χ2v) is 20.6. The summed E-state index contributed by atoms with van der Waals surface area (Å²) in [6.45, 7) is 0. The Hall–Kier alpha value is -10.2. The Morgan fingerprint density at radius 2 is 0.636 bits per heavy atom. The largest absolute Gasteiger partial charge is 0.417 e. The molecule has 13 aromatic rings. The second kappa shape index (κ2) is 20.7. The number of fused-ring (bicyclic) bond motifs is 6. The second-order valence-electron chi connectivity index (χ2n) is 20.6. The molecule has 0 fully saturated rings. The van der Waals surface area contributed by atoms with E-state index in [2.05, 4.69) is 0 Å². The number of rotatable bonds is 8. The first-order chi connectivity index (χ1) is 41.8. The van der Waals surface area contributed by atoms with E-state index in [1.54, 1.807) is 120 Å². The first-order valence-electron chi connectivity index (χ1n) is 26.7. The molecule has 10 aromatic carbocycles. The van der Waals surface area contributed by atoms with Gasteiger partial charge in [-0.15, -0.1) is 0 Å². The van der Waals surface area contributed by atoms with E-state index in [0.717, 1.165) is 12.1 Å². The monoisotopic (exact) mass is 1210 g/mol. The molecular formula is C68H36F15N5. The molecule has 0 bridgehead atoms. The first kappa shape index (κ1) is 56.9. The molecule has 88 heavy (non-hydrogen) atoms. The molecular weight excluding hydrogens is 1170 g/mol. The zero-order chi connectivity index (χ0) is 61.8. The third kappa shape index (κ3) is 10.0. The van der Waals surface area contributed by atoms with Crippen LogP contribution in [0.5, 0.6) is 0 Å². The van der Waals surface area contributed by atoms with E-state index >= 15 is 13.2 Å². The van der Waals surface area contributed by atoms with Crippen LogP contribution in [0.25, 0.3) is 123 Å². The topological polar surface area (TPSA) is 48.5 Å². The average molecular weight is 1210 g/mol. The van der Waals surface area contributed by atoms with Gasteiger partial charge in [0.1, 0.15) is 0 Å². The number of halogens is 15. The van der Waals surface area contributed by atoms with Crippen molar-refractivity contribution in [1.29, 1.82) is 0 Å². The van der Waals surface area contributed by atoms with Crippen LogP contribution < -0.4 is 0 Å². The molecule has 3 aromatic heterocycles. The first-order valence-corrected chi connectivity index (χ1v) is 26.7. The molecule has 0 spiro atoms. The molecule has 13 rings (SSSR count). The lowest BCUT2D eigenvalue weighted by atomic mass is 9.90. The fourth-order valence-corrected chi connectivity index (χ4v) is 11.5. The maximum Gasteiger partial charge on any atom is 0.417 e. The van der Waals surface area contributed by atoms with Crippen LogP contribution in [-0.2, 0) is 30.9 Å². The van der Waals surface area contributed by atoms with Crippen LogP contribution in [0.15, 0.2) is 218 Å². The molecule has 0 N–H and O–H groups in total. The van der Waals surface area contributed by atoms with Gasteiger partial charge in [0.15, 0.2) is 17.5 Å². The molecule has 5 nitrogen and oxygen atoms in total. The van der Waals surface area contributed by atoms with E-state index in [-0.39, 0.29) is 90.6 Å². The maximum atomic E-state index is 16.6. The van der Waals surface area contributed by atoms with Crippen LogP contribution >= 0.6 is 0 Å². The molecule has 0 aliphatic heterocycles. The third-order valence-electron chi connectivity index (χ3n) is 15.3. The van der Waals surface area contributed by atoms with E-state index in [9.17, 15) is 52.7 Å². The van der Waals surface area contributed by atoms with Crippen molar-refractivity contribution < 1.29 is 65.9 Å². The highest BCUT2D eigenvalue weighted by molar-refractivity contribution is 6.13. The van der Waals surface area contributed by atoms with Gasteiger partial charge in [0.2, 0.25) is 0 Å². The fraction of sp³-hybridized carbons (Fsp3) is 0.0735. The van der Waals surface area contributed by atoms with Crippen molar-refractivity contribution in [2.24, 2.45) is 0 Å². The highest BCUT2D eigenvalue weighted by atomic mass is 19.4. The van der Waals surface area contributed by atoms with Crippen molar-refractivity contribution in [2.45, 2.75) is 30.9 Å². The standard InChI is InChI=1S/C68H36F15N5/c69-64(70,71)41-27-29-43(51(35-41)67(78,79)80)39-25-31-55-48(33-39)45-17-7-9-21-53(45)87(55)57-23-11-19-47(63-85-61(37-13-3-1-4-14-37)84-62(86-63)38-15-5-2-6-16-38)59(57)60-50(66(75,76)77)20-12-24-58(60)88-54-22-10-8-18-46(54)49-34-40(26-32-56(49)88)44-30-28-42(65(72,73)74)36-52(44)68(81,82)83/h1-36H. The van der Waals surface area contributed by atoms with Crippen molar-refractivity contribution in [2.75, 3.05) is 0 Å². The number of benzene rings is 10. The SMILES string of the molecule is FC(F)(F)c1ccc(-c2ccc3c(c2)c2ccccc2n3-c2cccc(-c3nc(-c4ccccc4)nc(-c4ccccc4)n3)c2-c2c(-n3c4ccccc4c4cc(-c5ccc(C(F)(F)F)cc5C(F)(F)F)ccc43)cccc2C(F)(F)F)c(C(F)(F)F)c1. The predicted molar refractivity (Wildman–Crippen MR) is 306 cm³/mol. The zero-order valence-corrected chi connectivity index (χ0v) is 44.7. The van der Waals surface area contributed by atoms with Crippen LogP contribution in [0.4, 0.5) is 65.9 Å². The van der Waals surface area contributed by atoms with E-state index in [1.165, 1.54) is 65.2 Å². The Kier molecular flexibility index (Phi) is 13.4. The summed E-state index contributed by atoms with van der Waals surface area (Å²) in [5.41, 5.74) is -7.67. The van der Waals surface area contributed by atoms with Crippen LogP contribution in [-0.4, -0.2) is 24.1 Å². The average Bonchev–Trinajstić information content (AvgIpc) is 1.50. The lowest BCUT2D eigenvalue weighted by Crippen LogP contribution is -2.12. The lowest BCUT2D eigenvalue weighted by molar-refractivity contribution is -0.144. The highest BCUT2D eigenvalue weighted by Gasteiger charge is 2.42. The van der Waals surface area contributed by atoms with E-state index < -0.39 is 75.4 Å². The summed E-state index contributed by atoms with van der Waals surface area (Å²) < 4.78 is 225. The van der Waals surface area contributed by atoms with Gasteiger partial charge in [-0.3, -0.25) is 0 Å². The van der Waals surface area contributed by atoms with Gasteiger partial charge >= 0.3 is 30.9 Å². The van der Waals surface area contributed by atoms with Crippen LogP contribution in [0.2, 0.25) is 0 Å². The van der Waals surface area contributed by atoms with Crippen LogP contribution in [0.3, 0.4) is 0 Å². The number of hydrogen-bond acceptors (Lipinski definition) is 3. The summed E-state index contributed by atoms with van der Waals surface area (Å²) in [5, 5.41) is 1.16. The van der Waals surface area contributed by atoms with Gasteiger partial charge in [-0.25, -0.2) is 15.0 Å². The van der Waals surface area contributed by atoms with Gasteiger partial charge in [-0.05, 0) is 101 Å². The van der Waals surface area contributed by atoms with Gasteiger partial charge < -0.3 is 9.13 Å². The molecule has 438 valence electrons. The van der Waals surface area contributed by atoms with E-state index in [4.69, 9.17) is 15.0 Å². The Morgan fingerprint density at radius 1 is 0.250 bits per heavy atom. The van der Waals surface area contributed by atoms with Gasteiger partial charge in [0, 0.05) is 49.4 Å². The Labute approximate surface area is 487 Å². The van der Waals surface area contributed by atoms with E-state index in [0.29, 0.717) is 45.6 Å². The van der Waals surface area contributed by atoms with Gasteiger partial charge in [-0.2, -0.15) is 65.9 Å². The van der Waals surface area contributed by atoms with Gasteiger partial charge in [-0.1, -0.05) is 140 Å². The normalized spacial score (nSPS) is 12.7. The molecule has 0 saturated carbocycles. The predicted octanol–water partition coefficient (Wildman–Crippen LogP) is 21.2. The van der Waals surface area contributed by atoms with Crippen molar-refractivity contribution in [1.82, 2.24) is 24.1 Å². The molecule has 0 saturated heterocycles. The minimum atomic E-state index is -5.26. The molecule has 0 aliphatic rings. The van der Waals surface area contributed by atoms with Gasteiger partial charge in [0.05, 0.1) is 61.3 Å². The number of alkyl halides is 15. The van der Waals surface area contributed by atoms with E-state index in [1.807, 2.05) is 0 Å². The number of hydrogen-bond donors (Lipinski definition) is 0. The summed E-state index contributed by atoms with van der Waals surface area (Å²) in [6, 6.07) is 48.9. The molecule has 0 radical (unpaired) electrons. The molecule has 3 heterocycles. The summed E-state index contributed by atoms with van der Waals surface area (Å²) >= 11 is 0. The molecule has 0 atom stereocenters. The van der Waals surface area contributed by atoms with Gasteiger partial charge in [0.25, 0.3) is 0 Å². The number of nitrogens with zero attached hydrogens (tertiary/aromatic N) is 5. The third-order valence-corrected chi connectivity index (χ3v) is 15.3. The van der Waals surface area contributed by atoms with Crippen molar-refractivity contribution >= 4 is 43.6 Å². The lowest BCUT2D eigenvalue weighted by Gasteiger charge is -2.24. The molecule has 0 unspecified atom stereocenters. The van der Waals surface area contributed by atoms with Crippen molar-refractivity contribution in [3.8, 4) is 78.9 Å². The fourth-order valence-electron chi connectivity index (χ4n) is 11.5. The molecule has 0 amide bonds. The van der Waals surface area contributed by atoms with Crippen molar-refractivity contribution in [3.63, 3.8) is 0 Å². The molecule has 0 aliphatic carbocycles. The van der Waals surface area contributed by atoms with Crippen molar-refractivity contribution in [3.05, 3.63) is 246 Å². The quantitative estimate of drug-likeness (QED) is 0.142. The van der Waals surface area contributed by atoms with Crippen LogP contribution in [0.1, 0.15) is 27.8 Å². The Morgan fingerprint density at radius 3 is 1.07 bits per heavy atom. The Bertz CT molecular complexity index is 4840. The Balaban J connectivity index is 1.14. The van der Waals surface area contributed by atoms with Crippen LogP contribution in [0, 0.1) is 0 Å². The molecule has 20 heteroatoms. The zero-order valence-electron chi connectivity index (χ0n) is 44.7. The summed E-state index contributed by atoms with van der Waals surface area (Å²) in [6.07, 6.45) is -25.9. The smallest absolute Gasteiger partial charge is 0.309 e. The highest BCUT2D eigenvalue weighted by Crippen LogP contribution is 2.51. The maximum absolute atomic E-state index is 16.6. The summed E-state index contributed by atoms with van der Waals surface area (Å²) in [4.78, 5) is 14.8. The number of aromatic nitrogens is 5. The minimum Gasteiger partial charge on any atom is -0.309 e. The summed E-state index contributed by atoms with van der Waals surface area (Å²) in [5.74, 6) is 0.119.